The molecule has 0 atom stereocenters. The van der Waals surface area contributed by atoms with Crippen molar-refractivity contribution in [3.8, 4) is 0 Å². The van der Waals surface area contributed by atoms with Crippen LogP contribution in [-0.4, -0.2) is 30.5 Å². The van der Waals surface area contributed by atoms with Crippen molar-refractivity contribution >= 4 is 11.4 Å². The van der Waals surface area contributed by atoms with Crippen molar-refractivity contribution in [1.82, 2.24) is 0 Å². The molecule has 1 fully saturated rings. The molecule has 1 heterocycles. The van der Waals surface area contributed by atoms with Gasteiger partial charge in [-0.05, 0) is 37.5 Å². The largest absolute Gasteiger partial charge is 0.397 e. The average Bonchev–Trinajstić information content (AvgIpc) is 2.35. The van der Waals surface area contributed by atoms with Crippen molar-refractivity contribution in [3.63, 3.8) is 0 Å². The number of nitrogen functional groups attached to an aromatic ring is 1. The zero-order valence-corrected chi connectivity index (χ0v) is 10.2. The third-order valence-corrected chi connectivity index (χ3v) is 3.36. The Labute approximate surface area is 102 Å². The Morgan fingerprint density at radius 1 is 1.41 bits per heavy atom. The Morgan fingerprint density at radius 3 is 2.76 bits per heavy atom. The highest BCUT2D eigenvalue weighted by molar-refractivity contribution is 5.68. The highest BCUT2D eigenvalue weighted by atomic mass is 16.5. The van der Waals surface area contributed by atoms with E-state index < -0.39 is 0 Å². The van der Waals surface area contributed by atoms with Crippen LogP contribution in [0.2, 0.25) is 0 Å². The van der Waals surface area contributed by atoms with Gasteiger partial charge in [0, 0.05) is 13.2 Å². The first kappa shape index (κ1) is 12.2. The van der Waals surface area contributed by atoms with Gasteiger partial charge in [0.05, 0.1) is 23.5 Å². The van der Waals surface area contributed by atoms with Gasteiger partial charge in [-0.2, -0.15) is 0 Å². The first-order valence-electron chi connectivity index (χ1n) is 5.98. The van der Waals surface area contributed by atoms with Crippen LogP contribution in [0.1, 0.15) is 18.4 Å². The van der Waals surface area contributed by atoms with E-state index in [9.17, 15) is 5.11 Å². The van der Waals surface area contributed by atoms with Gasteiger partial charge in [-0.1, -0.05) is 6.07 Å². The predicted molar refractivity (Wildman–Crippen MR) is 69.1 cm³/mol. The fourth-order valence-electron chi connectivity index (χ4n) is 2.15. The molecule has 1 aliphatic heterocycles. The third kappa shape index (κ3) is 2.70. The van der Waals surface area contributed by atoms with Crippen LogP contribution in [0, 0.1) is 6.92 Å². The molecular formula is C13H20N2O2. The number of aliphatic hydroxyl groups excluding tert-OH is 1. The number of benzene rings is 1. The molecule has 1 aromatic rings. The molecule has 94 valence electrons. The van der Waals surface area contributed by atoms with Gasteiger partial charge >= 0.3 is 0 Å². The highest BCUT2D eigenvalue weighted by Gasteiger charge is 2.32. The number of aryl methyl sites for hydroxylation is 1. The summed E-state index contributed by atoms with van der Waals surface area (Å²) in [6.45, 7) is 3.49. The summed E-state index contributed by atoms with van der Waals surface area (Å²) in [5.74, 6) is 0. The third-order valence-electron chi connectivity index (χ3n) is 3.36. The number of ether oxygens (including phenoxy) is 1. The summed E-state index contributed by atoms with van der Waals surface area (Å²) >= 11 is 0. The van der Waals surface area contributed by atoms with E-state index in [0.717, 1.165) is 29.8 Å². The summed E-state index contributed by atoms with van der Waals surface area (Å²) in [6.07, 6.45) is 1.60. The van der Waals surface area contributed by atoms with Crippen molar-refractivity contribution in [3.05, 3.63) is 23.8 Å². The van der Waals surface area contributed by atoms with Gasteiger partial charge in [0.2, 0.25) is 0 Å². The highest BCUT2D eigenvalue weighted by Crippen LogP contribution is 2.29. The van der Waals surface area contributed by atoms with E-state index in [-0.39, 0.29) is 12.1 Å². The number of aliphatic hydroxyl groups is 1. The van der Waals surface area contributed by atoms with Gasteiger partial charge in [-0.25, -0.2) is 0 Å². The molecule has 17 heavy (non-hydrogen) atoms. The number of anilines is 2. The molecule has 1 aliphatic rings. The molecule has 0 aliphatic carbocycles. The zero-order valence-electron chi connectivity index (χ0n) is 10.2. The Bertz CT molecular complexity index is 387. The average molecular weight is 236 g/mol. The van der Waals surface area contributed by atoms with Gasteiger partial charge in [-0.3, -0.25) is 0 Å². The normalized spacial score (nSPS) is 18.9. The van der Waals surface area contributed by atoms with Gasteiger partial charge < -0.3 is 20.9 Å². The summed E-state index contributed by atoms with van der Waals surface area (Å²) in [4.78, 5) is 0. The predicted octanol–water partition coefficient (Wildman–Crippen LogP) is 1.53. The summed E-state index contributed by atoms with van der Waals surface area (Å²) < 4.78 is 5.34. The Morgan fingerprint density at radius 2 is 2.12 bits per heavy atom. The van der Waals surface area contributed by atoms with Crippen molar-refractivity contribution < 1.29 is 9.84 Å². The maximum Gasteiger partial charge on any atom is 0.0663 e. The van der Waals surface area contributed by atoms with Crippen LogP contribution in [0.5, 0.6) is 0 Å². The molecule has 0 unspecified atom stereocenters. The molecule has 4 N–H and O–H groups in total. The summed E-state index contributed by atoms with van der Waals surface area (Å²) in [7, 11) is 0. The van der Waals surface area contributed by atoms with Gasteiger partial charge in [0.15, 0.2) is 0 Å². The molecule has 0 bridgehead atoms. The Balaban J connectivity index is 2.20. The van der Waals surface area contributed by atoms with E-state index in [1.165, 1.54) is 0 Å². The minimum atomic E-state index is -0.292. The van der Waals surface area contributed by atoms with Crippen molar-refractivity contribution in [2.45, 2.75) is 25.3 Å². The number of hydrogen-bond acceptors (Lipinski definition) is 4. The van der Waals surface area contributed by atoms with Crippen LogP contribution >= 0.6 is 0 Å². The fourth-order valence-corrected chi connectivity index (χ4v) is 2.15. The summed E-state index contributed by atoms with van der Waals surface area (Å²) in [5.41, 5.74) is 8.43. The molecule has 0 radical (unpaired) electrons. The van der Waals surface area contributed by atoms with Crippen LogP contribution in [-0.2, 0) is 4.74 Å². The second kappa shape index (κ2) is 4.94. The number of rotatable bonds is 3. The standard InChI is InChI=1S/C13H20N2O2/c1-10-2-3-11(14)12(8-10)15-13(9-16)4-6-17-7-5-13/h2-3,8,15-16H,4-7,9,14H2,1H3. The van der Waals surface area contributed by atoms with Crippen molar-refractivity contribution in [2.24, 2.45) is 0 Å². The van der Waals surface area contributed by atoms with E-state index >= 15 is 0 Å². The molecule has 2 rings (SSSR count). The fraction of sp³-hybridized carbons (Fsp3) is 0.538. The number of nitrogens with two attached hydrogens (primary N) is 1. The van der Waals surface area contributed by atoms with Crippen molar-refractivity contribution in [1.29, 1.82) is 0 Å². The van der Waals surface area contributed by atoms with Crippen molar-refractivity contribution in [2.75, 3.05) is 30.9 Å². The van der Waals surface area contributed by atoms with E-state index in [1.807, 2.05) is 25.1 Å². The number of nitrogens with one attached hydrogen (secondary N) is 1. The minimum absolute atomic E-state index is 0.101. The maximum atomic E-state index is 9.60. The maximum absolute atomic E-state index is 9.60. The summed E-state index contributed by atoms with van der Waals surface area (Å²) in [5, 5.41) is 13.0. The van der Waals surface area contributed by atoms with Crippen LogP contribution in [0.25, 0.3) is 0 Å². The second-order valence-corrected chi connectivity index (χ2v) is 4.77. The molecule has 1 aromatic carbocycles. The minimum Gasteiger partial charge on any atom is -0.397 e. The van der Waals surface area contributed by atoms with Gasteiger partial charge in [0.1, 0.15) is 0 Å². The molecule has 0 aromatic heterocycles. The second-order valence-electron chi connectivity index (χ2n) is 4.77. The van der Waals surface area contributed by atoms with E-state index in [2.05, 4.69) is 5.32 Å². The lowest BCUT2D eigenvalue weighted by Crippen LogP contribution is -2.47. The molecular weight excluding hydrogens is 216 g/mol. The smallest absolute Gasteiger partial charge is 0.0663 e. The van der Waals surface area contributed by atoms with Crippen LogP contribution in [0.15, 0.2) is 18.2 Å². The Kier molecular flexibility index (Phi) is 3.54. The molecule has 4 nitrogen and oxygen atoms in total. The molecule has 0 amide bonds. The first-order chi connectivity index (χ1) is 8.15. The van der Waals surface area contributed by atoms with Gasteiger partial charge in [0.25, 0.3) is 0 Å². The van der Waals surface area contributed by atoms with Gasteiger partial charge in [-0.15, -0.1) is 0 Å². The topological polar surface area (TPSA) is 67.5 Å². The van der Waals surface area contributed by atoms with Crippen LogP contribution < -0.4 is 11.1 Å². The monoisotopic (exact) mass is 236 g/mol. The Hall–Kier alpha value is -1.26. The lowest BCUT2D eigenvalue weighted by atomic mass is 9.90. The quantitative estimate of drug-likeness (QED) is 0.696. The van der Waals surface area contributed by atoms with E-state index in [4.69, 9.17) is 10.5 Å². The van der Waals surface area contributed by atoms with E-state index in [0.29, 0.717) is 13.2 Å². The van der Waals surface area contributed by atoms with Crippen LogP contribution in [0.3, 0.4) is 0 Å². The SMILES string of the molecule is Cc1ccc(N)c(NC2(CO)CCOCC2)c1. The number of hydrogen-bond donors (Lipinski definition) is 3. The molecule has 0 spiro atoms. The van der Waals surface area contributed by atoms with E-state index in [1.54, 1.807) is 0 Å². The molecule has 1 saturated heterocycles. The lowest BCUT2D eigenvalue weighted by molar-refractivity contribution is 0.0380. The van der Waals surface area contributed by atoms with Crippen LogP contribution in [0.4, 0.5) is 11.4 Å². The molecule has 4 heteroatoms. The zero-order chi connectivity index (χ0) is 12.3. The first-order valence-corrected chi connectivity index (χ1v) is 5.98. The lowest BCUT2D eigenvalue weighted by Gasteiger charge is -2.37. The summed E-state index contributed by atoms with van der Waals surface area (Å²) in [6, 6.07) is 5.89. The molecule has 0 saturated carbocycles.